The van der Waals surface area contributed by atoms with Gasteiger partial charge < -0.3 is 10.7 Å². The van der Waals surface area contributed by atoms with E-state index in [9.17, 15) is 0 Å². The Morgan fingerprint density at radius 3 is 2.70 bits per heavy atom. The first-order chi connectivity index (χ1) is 4.34. The highest BCUT2D eigenvalue weighted by Gasteiger charge is 1.91. The molecule has 0 saturated carbocycles. The van der Waals surface area contributed by atoms with E-state index in [1.165, 1.54) is 6.42 Å². The van der Waals surface area contributed by atoms with Crippen molar-refractivity contribution in [3.05, 3.63) is 18.2 Å². The van der Waals surface area contributed by atoms with E-state index in [4.69, 9.17) is 0 Å². The van der Waals surface area contributed by atoms with Crippen LogP contribution >= 0.6 is 0 Å². The fraction of sp³-hybridized carbons (Fsp3) is 0.571. The maximum atomic E-state index is 4.10. The molecule has 1 aromatic rings. The Kier molecular flexibility index (Phi) is 3.72. The van der Waals surface area contributed by atoms with Crippen LogP contribution in [-0.4, -0.2) is 9.55 Å². The van der Waals surface area contributed by atoms with Crippen LogP contribution < -0.4 is 6.15 Å². The van der Waals surface area contributed by atoms with Crippen LogP contribution in [0.2, 0.25) is 0 Å². The molecule has 0 amide bonds. The summed E-state index contributed by atoms with van der Waals surface area (Å²) in [5.41, 5.74) is 0. The van der Waals surface area contributed by atoms with Crippen LogP contribution in [0, 0.1) is 6.92 Å². The largest absolute Gasteiger partial charge is 0.344 e. The van der Waals surface area contributed by atoms with Gasteiger partial charge in [0.1, 0.15) is 5.82 Å². The van der Waals surface area contributed by atoms with Crippen LogP contribution in [-0.2, 0) is 6.54 Å². The molecule has 1 heterocycles. The highest BCUT2D eigenvalue weighted by atomic mass is 15.0. The van der Waals surface area contributed by atoms with Crippen molar-refractivity contribution >= 4 is 0 Å². The van der Waals surface area contributed by atoms with Crippen molar-refractivity contribution in [1.29, 1.82) is 0 Å². The third-order valence-electron chi connectivity index (χ3n) is 1.39. The van der Waals surface area contributed by atoms with E-state index in [1.807, 2.05) is 19.3 Å². The van der Waals surface area contributed by atoms with Crippen molar-refractivity contribution in [2.75, 3.05) is 0 Å². The molecule has 3 heteroatoms. The normalized spacial score (nSPS) is 9.00. The standard InChI is InChI=1S/C7H12N2.H3N/c1-3-5-9-6-4-8-7(9)2;/h4,6H,3,5H2,1-2H3;1H3. The van der Waals surface area contributed by atoms with Crippen LogP contribution in [0.3, 0.4) is 0 Å². The first kappa shape index (κ1) is 9.17. The third-order valence-corrected chi connectivity index (χ3v) is 1.39. The van der Waals surface area contributed by atoms with Crippen LogP contribution in [0.5, 0.6) is 0 Å². The van der Waals surface area contributed by atoms with Crippen molar-refractivity contribution < 1.29 is 0 Å². The molecule has 0 aromatic carbocycles. The molecule has 3 N–H and O–H groups in total. The summed E-state index contributed by atoms with van der Waals surface area (Å²) in [6.07, 6.45) is 5.03. The fourth-order valence-corrected chi connectivity index (χ4v) is 0.881. The summed E-state index contributed by atoms with van der Waals surface area (Å²) in [5.74, 6) is 1.11. The van der Waals surface area contributed by atoms with Gasteiger partial charge in [-0.2, -0.15) is 0 Å². The van der Waals surface area contributed by atoms with Gasteiger partial charge >= 0.3 is 0 Å². The minimum atomic E-state index is 0. The van der Waals surface area contributed by atoms with Crippen molar-refractivity contribution in [2.45, 2.75) is 26.8 Å². The zero-order valence-electron chi connectivity index (χ0n) is 6.67. The molecule has 0 fully saturated rings. The smallest absolute Gasteiger partial charge is 0.105 e. The van der Waals surface area contributed by atoms with E-state index in [0.29, 0.717) is 0 Å². The molecule has 0 unspecified atom stereocenters. The molecule has 0 atom stereocenters. The number of nitrogens with zero attached hydrogens (tertiary/aromatic N) is 2. The molecule has 58 valence electrons. The lowest BCUT2D eigenvalue weighted by Crippen LogP contribution is -1.96. The second-order valence-corrected chi connectivity index (χ2v) is 2.17. The highest BCUT2D eigenvalue weighted by Crippen LogP contribution is 1.95. The maximum Gasteiger partial charge on any atom is 0.105 e. The second kappa shape index (κ2) is 4.06. The molecule has 0 aliphatic rings. The Labute approximate surface area is 61.7 Å². The lowest BCUT2D eigenvalue weighted by Gasteiger charge is -1.99. The summed E-state index contributed by atoms with van der Waals surface area (Å²) < 4.78 is 2.15. The summed E-state index contributed by atoms with van der Waals surface area (Å²) in [5, 5.41) is 0. The number of rotatable bonds is 2. The van der Waals surface area contributed by atoms with Crippen LogP contribution in [0.15, 0.2) is 12.4 Å². The molecular weight excluding hydrogens is 126 g/mol. The predicted molar refractivity (Wildman–Crippen MR) is 42.3 cm³/mol. The SMILES string of the molecule is CCCn1ccnc1C.N. The molecule has 0 saturated heterocycles. The average molecular weight is 141 g/mol. The number of aryl methyl sites for hydroxylation is 2. The molecule has 0 aliphatic heterocycles. The topological polar surface area (TPSA) is 52.8 Å². The van der Waals surface area contributed by atoms with Crippen LogP contribution in [0.1, 0.15) is 19.2 Å². The first-order valence-corrected chi connectivity index (χ1v) is 3.32. The molecule has 10 heavy (non-hydrogen) atoms. The molecule has 0 bridgehead atoms. The number of imidazole rings is 1. The van der Waals surface area contributed by atoms with E-state index in [-0.39, 0.29) is 6.15 Å². The maximum absolute atomic E-state index is 4.10. The summed E-state index contributed by atoms with van der Waals surface area (Å²) >= 11 is 0. The van der Waals surface area contributed by atoms with Crippen LogP contribution in [0.4, 0.5) is 0 Å². The van der Waals surface area contributed by atoms with Gasteiger partial charge in [0.25, 0.3) is 0 Å². The van der Waals surface area contributed by atoms with Gasteiger partial charge in [-0.05, 0) is 13.3 Å². The van der Waals surface area contributed by atoms with Gasteiger partial charge in [-0.25, -0.2) is 4.98 Å². The monoisotopic (exact) mass is 141 g/mol. The molecular formula is C7H15N3. The number of hydrogen-bond acceptors (Lipinski definition) is 2. The predicted octanol–water partition coefficient (Wildman–Crippen LogP) is 1.76. The minimum absolute atomic E-state index is 0. The van der Waals surface area contributed by atoms with Crippen molar-refractivity contribution in [1.82, 2.24) is 15.7 Å². The van der Waals surface area contributed by atoms with E-state index < -0.39 is 0 Å². The lowest BCUT2D eigenvalue weighted by atomic mass is 10.5. The van der Waals surface area contributed by atoms with Crippen molar-refractivity contribution in [2.24, 2.45) is 0 Å². The molecule has 1 aromatic heterocycles. The van der Waals surface area contributed by atoms with E-state index in [1.54, 1.807) is 0 Å². The Morgan fingerprint density at radius 1 is 1.60 bits per heavy atom. The second-order valence-electron chi connectivity index (χ2n) is 2.17. The number of hydrogen-bond donors (Lipinski definition) is 1. The summed E-state index contributed by atoms with van der Waals surface area (Å²) in [4.78, 5) is 4.10. The van der Waals surface area contributed by atoms with Gasteiger partial charge in [-0.3, -0.25) is 0 Å². The van der Waals surface area contributed by atoms with E-state index >= 15 is 0 Å². The quantitative estimate of drug-likeness (QED) is 0.682. The van der Waals surface area contributed by atoms with Gasteiger partial charge in [0, 0.05) is 18.9 Å². The molecule has 1 rings (SSSR count). The summed E-state index contributed by atoms with van der Waals surface area (Å²) in [6.45, 7) is 5.28. The van der Waals surface area contributed by atoms with Gasteiger partial charge in [-0.1, -0.05) is 6.92 Å². The zero-order chi connectivity index (χ0) is 6.69. The number of aromatic nitrogens is 2. The van der Waals surface area contributed by atoms with E-state index in [0.717, 1.165) is 12.4 Å². The Bertz CT molecular complexity index is 181. The Morgan fingerprint density at radius 2 is 2.30 bits per heavy atom. The summed E-state index contributed by atoms with van der Waals surface area (Å²) in [6, 6.07) is 0. The highest BCUT2D eigenvalue weighted by molar-refractivity contribution is 4.87. The van der Waals surface area contributed by atoms with Crippen LogP contribution in [0.25, 0.3) is 0 Å². The molecule has 0 spiro atoms. The Hall–Kier alpha value is -0.830. The molecule has 0 aliphatic carbocycles. The lowest BCUT2D eigenvalue weighted by molar-refractivity contribution is 0.658. The first-order valence-electron chi connectivity index (χ1n) is 3.32. The minimum Gasteiger partial charge on any atom is -0.344 e. The summed E-state index contributed by atoms with van der Waals surface area (Å²) in [7, 11) is 0. The van der Waals surface area contributed by atoms with E-state index in [2.05, 4.69) is 16.5 Å². The zero-order valence-corrected chi connectivity index (χ0v) is 6.67. The van der Waals surface area contributed by atoms with Crippen molar-refractivity contribution in [3.8, 4) is 0 Å². The van der Waals surface area contributed by atoms with Crippen molar-refractivity contribution in [3.63, 3.8) is 0 Å². The van der Waals surface area contributed by atoms with Gasteiger partial charge in [-0.15, -0.1) is 0 Å². The Balaban J connectivity index is 0.000000810. The van der Waals surface area contributed by atoms with Gasteiger partial charge in [0.2, 0.25) is 0 Å². The molecule has 0 radical (unpaired) electrons. The van der Waals surface area contributed by atoms with Gasteiger partial charge in [0.05, 0.1) is 0 Å². The molecule has 3 nitrogen and oxygen atoms in total. The average Bonchev–Trinajstić information content (AvgIpc) is 2.18. The fourth-order valence-electron chi connectivity index (χ4n) is 0.881. The van der Waals surface area contributed by atoms with Gasteiger partial charge in [0.15, 0.2) is 0 Å². The third kappa shape index (κ3) is 1.84.